The van der Waals surface area contributed by atoms with E-state index in [9.17, 15) is 0 Å². The van der Waals surface area contributed by atoms with Crippen molar-refractivity contribution in [2.45, 2.75) is 98.2 Å². The summed E-state index contributed by atoms with van der Waals surface area (Å²) in [5.41, 5.74) is 7.86. The van der Waals surface area contributed by atoms with Crippen molar-refractivity contribution in [3.8, 4) is 0 Å². The van der Waals surface area contributed by atoms with E-state index >= 15 is 0 Å². The zero-order valence-electron chi connectivity index (χ0n) is 22.4. The van der Waals surface area contributed by atoms with Gasteiger partial charge in [0.25, 0.3) is 0 Å². The Bertz CT molecular complexity index is 758. The molecule has 0 aliphatic carbocycles. The normalized spacial score (nSPS) is 15.2. The predicted octanol–water partition coefficient (Wildman–Crippen LogP) is 9.79. The van der Waals surface area contributed by atoms with Crippen LogP contribution in [0.25, 0.3) is 11.0 Å². The fourth-order valence-electron chi connectivity index (χ4n) is 3.69. The van der Waals surface area contributed by atoms with Gasteiger partial charge in [-0.15, -0.1) is 19.5 Å². The van der Waals surface area contributed by atoms with E-state index in [-0.39, 0.29) is 17.1 Å². The van der Waals surface area contributed by atoms with Gasteiger partial charge in [-0.3, -0.25) is 0 Å². The zero-order chi connectivity index (χ0) is 23.9. The second-order valence-corrected chi connectivity index (χ2v) is 19.8. The second kappa shape index (κ2) is 14.0. The molecule has 0 atom stereocenters. The minimum absolute atomic E-state index is 0. The van der Waals surface area contributed by atoms with Crippen molar-refractivity contribution in [2.24, 2.45) is 0 Å². The summed E-state index contributed by atoms with van der Waals surface area (Å²) in [6.07, 6.45) is 6.53. The van der Waals surface area contributed by atoms with Gasteiger partial charge in [0, 0.05) is 13.7 Å². The van der Waals surface area contributed by atoms with Gasteiger partial charge in [-0.1, -0.05) is 83.8 Å². The van der Waals surface area contributed by atoms with E-state index in [1.54, 1.807) is 0 Å². The van der Waals surface area contributed by atoms with Crippen molar-refractivity contribution >= 4 is 21.7 Å². The third-order valence-corrected chi connectivity index (χ3v) is 8.34. The number of rotatable bonds is 6. The molecule has 1 heterocycles. The van der Waals surface area contributed by atoms with Crippen molar-refractivity contribution < 1.29 is 17.1 Å². The predicted molar refractivity (Wildman–Crippen MR) is 150 cm³/mol. The Labute approximate surface area is 212 Å². The van der Waals surface area contributed by atoms with Crippen LogP contribution in [0.3, 0.4) is 0 Å². The van der Waals surface area contributed by atoms with Gasteiger partial charge >= 0.3 is 17.1 Å². The maximum absolute atomic E-state index is 5.10. The van der Waals surface area contributed by atoms with E-state index in [2.05, 4.69) is 124 Å². The first-order chi connectivity index (χ1) is 14.2. The minimum Gasteiger partial charge on any atom is -0.655 e. The second-order valence-electron chi connectivity index (χ2n) is 11.1. The molecule has 1 nitrogen and oxygen atoms in total. The van der Waals surface area contributed by atoms with E-state index in [0.29, 0.717) is 11.8 Å². The molecule has 2 rings (SSSR count). The summed E-state index contributed by atoms with van der Waals surface area (Å²) in [6.45, 7) is 29.0. The average Bonchev–Trinajstić information content (AvgIpc) is 2.63. The molecular weight excluding hydrogens is 465 g/mol. The third-order valence-electron chi connectivity index (χ3n) is 5.05. The molecule has 0 N–H and O–H groups in total. The van der Waals surface area contributed by atoms with Crippen LogP contribution in [0.1, 0.15) is 83.9 Å². The van der Waals surface area contributed by atoms with Crippen molar-refractivity contribution in [2.75, 3.05) is 0 Å². The van der Waals surface area contributed by atoms with Gasteiger partial charge in [-0.2, -0.15) is 0 Å². The van der Waals surface area contributed by atoms with Gasteiger partial charge < -0.3 is 11.9 Å². The summed E-state index contributed by atoms with van der Waals surface area (Å²) < 4.78 is 0. The zero-order valence-corrected chi connectivity index (χ0v) is 25.5. The molecule has 0 bridgehead atoms. The molecule has 0 aromatic heterocycles. The minimum atomic E-state index is -0.861. The summed E-state index contributed by atoms with van der Waals surface area (Å²) in [4.78, 5) is 0. The Balaban J connectivity index is 0.00000144. The van der Waals surface area contributed by atoms with E-state index in [1.165, 1.54) is 16.7 Å². The van der Waals surface area contributed by atoms with Crippen LogP contribution in [0, 0.1) is 6.55 Å². The van der Waals surface area contributed by atoms with Gasteiger partial charge in [0.1, 0.15) is 0 Å². The topological polar surface area (TPSA) is 14.1 Å². The van der Waals surface area contributed by atoms with E-state index in [1.807, 2.05) is 0 Å². The SMILES string of the molecule is CC(C)c1cccc(C(C)C)c1C1=CC=C/C(=C/[PH+](C(C)C)C(C)C)[N-]1.[CH2-][Si](C)(C)C.[Fe+2]. The standard InChI is InChI=1S/C24H35NP.C4H11Si.Fe/c1-16(2)21-12-10-13-22(17(3)4)24(21)23-14-9-11-20(25-23)15-26(18(5)6)19(7)8;1-5(2,3)4;/h9-19H,1-8H3;1H2,2-4H3;/q2*-1;+2/p+1/b20-15-;;. The molecule has 1 aromatic rings. The quantitative estimate of drug-likeness (QED) is 0.205. The first kappa shape index (κ1) is 31.4. The Kier molecular flexibility index (Phi) is 13.7. The van der Waals surface area contributed by atoms with Gasteiger partial charge in [0.2, 0.25) is 0 Å². The molecule has 0 unspecified atom stereocenters. The Morgan fingerprint density at radius 1 is 0.875 bits per heavy atom. The van der Waals surface area contributed by atoms with Crippen LogP contribution in [-0.4, -0.2) is 19.4 Å². The molecule has 0 saturated heterocycles. The van der Waals surface area contributed by atoms with Crippen molar-refractivity contribution in [3.05, 3.63) is 76.5 Å². The smallest absolute Gasteiger partial charge is 0.655 e. The fraction of sp³-hybridized carbons (Fsp3) is 0.536. The van der Waals surface area contributed by atoms with Crippen molar-refractivity contribution in [3.63, 3.8) is 0 Å². The van der Waals surface area contributed by atoms with Crippen LogP contribution >= 0.6 is 7.92 Å². The van der Waals surface area contributed by atoms with Gasteiger partial charge in [0.15, 0.2) is 0 Å². The molecule has 0 spiro atoms. The largest absolute Gasteiger partial charge is 2.00 e. The van der Waals surface area contributed by atoms with Crippen LogP contribution in [0.2, 0.25) is 19.6 Å². The summed E-state index contributed by atoms with van der Waals surface area (Å²) in [5, 5.41) is 5.10. The average molecular weight is 513 g/mol. The van der Waals surface area contributed by atoms with Gasteiger partial charge in [-0.05, 0) is 56.2 Å². The first-order valence-electron chi connectivity index (χ1n) is 11.9. The Morgan fingerprint density at radius 3 is 1.69 bits per heavy atom. The monoisotopic (exact) mass is 512 g/mol. The van der Waals surface area contributed by atoms with Crippen LogP contribution in [-0.2, 0) is 17.1 Å². The molecule has 1 aliphatic heterocycles. The van der Waals surface area contributed by atoms with Gasteiger partial charge in [-0.25, -0.2) is 0 Å². The molecule has 0 saturated carbocycles. The Hall–Kier alpha value is -0.594. The van der Waals surface area contributed by atoms with Crippen LogP contribution in [0.5, 0.6) is 0 Å². The van der Waals surface area contributed by atoms with Gasteiger partial charge in [0.05, 0.1) is 11.3 Å². The number of hydrogen-bond acceptors (Lipinski definition) is 0. The fourth-order valence-corrected chi connectivity index (χ4v) is 6.19. The summed E-state index contributed by atoms with van der Waals surface area (Å²) in [5.74, 6) is 3.45. The molecule has 1 aromatic carbocycles. The van der Waals surface area contributed by atoms with E-state index < -0.39 is 16.0 Å². The summed E-state index contributed by atoms with van der Waals surface area (Å²) in [7, 11) is -1.43. The van der Waals surface area contributed by atoms with Crippen LogP contribution in [0.15, 0.2) is 47.9 Å². The molecule has 0 amide bonds. The van der Waals surface area contributed by atoms with Crippen molar-refractivity contribution in [1.82, 2.24) is 0 Å². The molecule has 1 aliphatic rings. The maximum Gasteiger partial charge on any atom is 2.00 e. The number of allylic oxidation sites excluding steroid dienone is 3. The molecule has 4 heteroatoms. The molecule has 180 valence electrons. The molecule has 32 heavy (non-hydrogen) atoms. The van der Waals surface area contributed by atoms with Crippen molar-refractivity contribution in [1.29, 1.82) is 0 Å². The Morgan fingerprint density at radius 2 is 1.31 bits per heavy atom. The van der Waals surface area contributed by atoms with Crippen LogP contribution < -0.4 is 0 Å². The third kappa shape index (κ3) is 10.6. The molecular formula is C28H47FeNPSi+. The number of nitrogens with zero attached hydrogens (tertiary/aromatic N) is 1. The van der Waals surface area contributed by atoms with Crippen LogP contribution in [0.4, 0.5) is 0 Å². The molecule has 0 radical (unpaired) electrons. The number of benzene rings is 1. The van der Waals surface area contributed by atoms with E-state index in [0.717, 1.165) is 22.7 Å². The molecule has 0 fully saturated rings. The number of hydrogen-bond donors (Lipinski definition) is 0. The first-order valence-corrected chi connectivity index (χ1v) is 17.3. The summed E-state index contributed by atoms with van der Waals surface area (Å²) >= 11 is 0. The summed E-state index contributed by atoms with van der Waals surface area (Å²) in [6, 6.07) is 6.73. The maximum atomic E-state index is 5.10. The van der Waals surface area contributed by atoms with E-state index in [4.69, 9.17) is 5.32 Å².